The molecule has 0 unspecified atom stereocenters. The number of nitrogens with zero attached hydrogens (tertiary/aromatic N) is 5. The number of ether oxygens (including phenoxy) is 1. The van der Waals surface area contributed by atoms with Crippen molar-refractivity contribution in [3.05, 3.63) is 67.0 Å². The molecule has 11 nitrogen and oxygen atoms in total. The predicted molar refractivity (Wildman–Crippen MR) is 135 cm³/mol. The fraction of sp³-hybridized carbons (Fsp3) is 0.160. The maximum Gasteiger partial charge on any atom is 0.326 e. The minimum Gasteiger partial charge on any atom is -0.378 e. The number of imidazole rings is 1. The molecule has 0 bridgehead atoms. The normalized spacial score (nSPS) is 13.6. The monoisotopic (exact) mass is 482 g/mol. The van der Waals surface area contributed by atoms with Crippen molar-refractivity contribution in [2.24, 2.45) is 0 Å². The lowest BCUT2D eigenvalue weighted by molar-refractivity contribution is 0.122. The Morgan fingerprint density at radius 3 is 2.56 bits per heavy atom. The Balaban J connectivity index is 1.14. The first-order valence-electron chi connectivity index (χ1n) is 11.5. The van der Waals surface area contributed by atoms with Crippen molar-refractivity contribution in [1.82, 2.24) is 25.1 Å². The zero-order chi connectivity index (χ0) is 24.3. The summed E-state index contributed by atoms with van der Waals surface area (Å²) in [5.74, 6) is 1.74. The molecule has 1 saturated heterocycles. The van der Waals surface area contributed by atoms with Crippen LogP contribution in [0.2, 0.25) is 0 Å². The fourth-order valence-electron chi connectivity index (χ4n) is 4.03. The van der Waals surface area contributed by atoms with Gasteiger partial charge in [0.25, 0.3) is 0 Å². The molecule has 2 aromatic carbocycles. The molecule has 1 aliphatic heterocycles. The number of carbonyl (C=O) groups excluding carboxylic acids is 1. The highest BCUT2D eigenvalue weighted by molar-refractivity contribution is 5.99. The number of amides is 2. The number of rotatable bonds is 5. The first-order valence-corrected chi connectivity index (χ1v) is 11.5. The van der Waals surface area contributed by atoms with E-state index in [0.717, 1.165) is 35.6 Å². The van der Waals surface area contributed by atoms with Crippen molar-refractivity contribution < 1.29 is 14.1 Å². The van der Waals surface area contributed by atoms with Crippen LogP contribution >= 0.6 is 0 Å². The van der Waals surface area contributed by atoms with Crippen LogP contribution < -0.4 is 15.5 Å². The summed E-state index contributed by atoms with van der Waals surface area (Å²) in [7, 11) is 0. The lowest BCUT2D eigenvalue weighted by atomic mass is 10.2. The molecule has 0 radical (unpaired) electrons. The highest BCUT2D eigenvalue weighted by Crippen LogP contribution is 2.27. The summed E-state index contributed by atoms with van der Waals surface area (Å²) in [6.07, 6.45) is 1.53. The van der Waals surface area contributed by atoms with Crippen LogP contribution in [-0.4, -0.2) is 57.4 Å². The molecular weight excluding hydrogens is 460 g/mol. The molecule has 1 fully saturated rings. The number of carbonyl (C=O) groups is 1. The van der Waals surface area contributed by atoms with Gasteiger partial charge >= 0.3 is 6.03 Å². The van der Waals surface area contributed by atoms with E-state index < -0.39 is 6.03 Å². The van der Waals surface area contributed by atoms with Gasteiger partial charge in [0.15, 0.2) is 11.5 Å². The van der Waals surface area contributed by atoms with Gasteiger partial charge in [-0.25, -0.2) is 19.7 Å². The Hall–Kier alpha value is -4.77. The Morgan fingerprint density at radius 1 is 0.944 bits per heavy atom. The summed E-state index contributed by atoms with van der Waals surface area (Å²) >= 11 is 0. The van der Waals surface area contributed by atoms with Crippen molar-refractivity contribution in [2.75, 3.05) is 41.8 Å². The van der Waals surface area contributed by atoms with E-state index in [1.165, 1.54) is 6.33 Å². The average Bonchev–Trinajstić information content (AvgIpc) is 3.57. The highest BCUT2D eigenvalue weighted by atomic mass is 16.5. The van der Waals surface area contributed by atoms with Gasteiger partial charge in [-0.15, -0.1) is 0 Å². The first-order chi connectivity index (χ1) is 17.7. The maximum absolute atomic E-state index is 12.4. The lowest BCUT2D eigenvalue weighted by Gasteiger charge is -2.27. The minimum absolute atomic E-state index is 0.252. The van der Waals surface area contributed by atoms with Gasteiger partial charge in [0.1, 0.15) is 23.4 Å². The molecule has 0 aliphatic carbocycles. The van der Waals surface area contributed by atoms with Crippen molar-refractivity contribution in [3.63, 3.8) is 0 Å². The van der Waals surface area contributed by atoms with Crippen LogP contribution in [0.4, 0.5) is 22.2 Å². The molecule has 36 heavy (non-hydrogen) atoms. The Bertz CT molecular complexity index is 1490. The van der Waals surface area contributed by atoms with E-state index in [1.54, 1.807) is 18.2 Å². The summed E-state index contributed by atoms with van der Waals surface area (Å²) in [6.45, 7) is 2.87. The van der Waals surface area contributed by atoms with Crippen LogP contribution in [-0.2, 0) is 4.74 Å². The van der Waals surface area contributed by atoms with E-state index in [9.17, 15) is 4.79 Å². The Labute approximate surface area is 205 Å². The number of benzene rings is 2. The molecule has 0 atom stereocenters. The smallest absolute Gasteiger partial charge is 0.326 e. The number of fused-ring (bicyclic) bond motifs is 1. The standard InChI is InChI=1S/C25H22N8O3/c34-25(29-20-14-19(32-36-20)16-4-2-1-3-5-16)28-18-8-6-17(7-9-18)22-30-21-23(31-22)26-15-27-24(21)33-10-12-35-13-11-33/h1-9,14-15H,10-13H2,(H2,28,29,34)(H,26,27,30,31). The van der Waals surface area contributed by atoms with E-state index in [4.69, 9.17) is 9.26 Å². The maximum atomic E-state index is 12.4. The van der Waals surface area contributed by atoms with Crippen LogP contribution in [0.25, 0.3) is 33.8 Å². The fourth-order valence-corrected chi connectivity index (χ4v) is 4.03. The predicted octanol–water partition coefficient (Wildman–Crippen LogP) is 4.16. The van der Waals surface area contributed by atoms with Gasteiger partial charge in [0, 0.05) is 36.0 Å². The van der Waals surface area contributed by atoms with Gasteiger partial charge < -0.3 is 24.5 Å². The van der Waals surface area contributed by atoms with E-state index in [-0.39, 0.29) is 5.88 Å². The molecular formula is C25H22N8O3. The molecule has 180 valence electrons. The SMILES string of the molecule is O=C(Nc1ccc(-c2nc3ncnc(N4CCOCC4)c3[nH]2)cc1)Nc1cc(-c2ccccc2)no1. The van der Waals surface area contributed by atoms with Crippen LogP contribution in [0.3, 0.4) is 0 Å². The highest BCUT2D eigenvalue weighted by Gasteiger charge is 2.18. The molecule has 1 aliphatic rings. The van der Waals surface area contributed by atoms with E-state index in [1.807, 2.05) is 42.5 Å². The summed E-state index contributed by atoms with van der Waals surface area (Å²) in [4.78, 5) is 31.3. The summed E-state index contributed by atoms with van der Waals surface area (Å²) < 4.78 is 10.7. The quantitative estimate of drug-likeness (QED) is 0.340. The van der Waals surface area contributed by atoms with Gasteiger partial charge in [0.05, 0.1) is 13.2 Å². The van der Waals surface area contributed by atoms with Gasteiger partial charge in [-0.05, 0) is 24.3 Å². The van der Waals surface area contributed by atoms with Crippen molar-refractivity contribution in [3.8, 4) is 22.6 Å². The molecule has 11 heteroatoms. The Morgan fingerprint density at radius 2 is 1.75 bits per heavy atom. The van der Waals surface area contributed by atoms with E-state index >= 15 is 0 Å². The second kappa shape index (κ2) is 9.47. The third-order valence-electron chi connectivity index (χ3n) is 5.81. The second-order valence-electron chi connectivity index (χ2n) is 8.18. The molecule has 6 rings (SSSR count). The summed E-state index contributed by atoms with van der Waals surface area (Å²) in [5.41, 5.74) is 4.41. The van der Waals surface area contributed by atoms with Gasteiger partial charge in [-0.2, -0.15) is 0 Å². The third-order valence-corrected chi connectivity index (χ3v) is 5.81. The molecule has 0 spiro atoms. The molecule has 5 aromatic rings. The van der Waals surface area contributed by atoms with Crippen LogP contribution in [0.1, 0.15) is 0 Å². The number of morpholine rings is 1. The van der Waals surface area contributed by atoms with Crippen molar-refractivity contribution in [1.29, 1.82) is 0 Å². The van der Waals surface area contributed by atoms with Gasteiger partial charge in [0.2, 0.25) is 5.88 Å². The zero-order valence-electron chi connectivity index (χ0n) is 19.1. The molecule has 3 N–H and O–H groups in total. The van der Waals surface area contributed by atoms with Crippen LogP contribution in [0.15, 0.2) is 71.5 Å². The van der Waals surface area contributed by atoms with Crippen molar-refractivity contribution in [2.45, 2.75) is 0 Å². The molecule has 2 amide bonds. The van der Waals surface area contributed by atoms with E-state index in [2.05, 4.69) is 40.6 Å². The lowest BCUT2D eigenvalue weighted by Crippen LogP contribution is -2.36. The largest absolute Gasteiger partial charge is 0.378 e. The number of nitrogens with one attached hydrogen (secondary N) is 3. The zero-order valence-corrected chi connectivity index (χ0v) is 19.1. The van der Waals surface area contributed by atoms with Crippen LogP contribution in [0, 0.1) is 0 Å². The average molecular weight is 483 g/mol. The summed E-state index contributed by atoms with van der Waals surface area (Å²) in [5, 5.41) is 9.44. The summed E-state index contributed by atoms with van der Waals surface area (Å²) in [6, 6.07) is 18.2. The molecule has 0 saturated carbocycles. The number of H-pyrrole nitrogens is 1. The van der Waals surface area contributed by atoms with Crippen molar-refractivity contribution >= 4 is 34.6 Å². The Kier molecular flexibility index (Phi) is 5.72. The number of hydrogen-bond donors (Lipinski definition) is 3. The number of hydrogen-bond acceptors (Lipinski definition) is 8. The van der Waals surface area contributed by atoms with Gasteiger partial charge in [-0.3, -0.25) is 5.32 Å². The second-order valence-corrected chi connectivity index (χ2v) is 8.18. The number of urea groups is 1. The molecule has 4 heterocycles. The molecule has 3 aromatic heterocycles. The van der Waals surface area contributed by atoms with Gasteiger partial charge in [-0.1, -0.05) is 35.5 Å². The van der Waals surface area contributed by atoms with Crippen LogP contribution in [0.5, 0.6) is 0 Å². The number of aromatic nitrogens is 5. The third kappa shape index (κ3) is 4.46. The minimum atomic E-state index is -0.437. The first kappa shape index (κ1) is 21.7. The van der Waals surface area contributed by atoms with E-state index in [0.29, 0.717) is 36.1 Å². The number of aromatic amines is 1. The number of anilines is 3. The topological polar surface area (TPSA) is 134 Å².